The predicted molar refractivity (Wildman–Crippen MR) is 63.8 cm³/mol. The summed E-state index contributed by atoms with van der Waals surface area (Å²) in [4.78, 5) is 11.9. The molecule has 1 aliphatic rings. The second-order valence-corrected chi connectivity index (χ2v) is 4.45. The molecule has 0 aromatic carbocycles. The van der Waals surface area contributed by atoms with Crippen molar-refractivity contribution < 1.29 is 14.7 Å². The molecule has 6 nitrogen and oxygen atoms in total. The van der Waals surface area contributed by atoms with E-state index in [9.17, 15) is 4.79 Å². The SMILES string of the molecule is CCCC(NC(=O)C1COC(C)C1)C(N)=NO. The minimum absolute atomic E-state index is 0.0483. The lowest BCUT2D eigenvalue weighted by Crippen LogP contribution is -2.46. The first kappa shape index (κ1) is 13.8. The molecule has 98 valence electrons. The summed E-state index contributed by atoms with van der Waals surface area (Å²) in [6.07, 6.45) is 2.35. The third kappa shape index (κ3) is 3.89. The van der Waals surface area contributed by atoms with Gasteiger partial charge >= 0.3 is 0 Å². The van der Waals surface area contributed by atoms with E-state index in [1.807, 2.05) is 13.8 Å². The summed E-state index contributed by atoms with van der Waals surface area (Å²) < 4.78 is 5.34. The van der Waals surface area contributed by atoms with Gasteiger partial charge in [-0.3, -0.25) is 4.79 Å². The Labute approximate surface area is 101 Å². The van der Waals surface area contributed by atoms with Crippen molar-refractivity contribution in [3.05, 3.63) is 0 Å². The molecule has 0 spiro atoms. The molecule has 0 aromatic rings. The number of amidine groups is 1. The summed E-state index contributed by atoms with van der Waals surface area (Å²) in [5, 5.41) is 14.4. The van der Waals surface area contributed by atoms with E-state index in [2.05, 4.69) is 10.5 Å². The Balaban J connectivity index is 2.52. The van der Waals surface area contributed by atoms with Crippen LogP contribution < -0.4 is 11.1 Å². The molecule has 3 unspecified atom stereocenters. The largest absolute Gasteiger partial charge is 0.409 e. The highest BCUT2D eigenvalue weighted by Crippen LogP contribution is 2.19. The van der Waals surface area contributed by atoms with E-state index in [-0.39, 0.29) is 23.8 Å². The Bertz CT molecular complexity index is 294. The molecule has 0 aromatic heterocycles. The maximum Gasteiger partial charge on any atom is 0.226 e. The molecule has 0 bridgehead atoms. The van der Waals surface area contributed by atoms with Gasteiger partial charge in [0.2, 0.25) is 5.91 Å². The van der Waals surface area contributed by atoms with Crippen LogP contribution in [-0.2, 0) is 9.53 Å². The standard InChI is InChI=1S/C11H21N3O3/c1-3-4-9(10(12)14-16)13-11(15)8-5-7(2)17-6-8/h7-9,16H,3-6H2,1-2H3,(H2,12,14)(H,13,15). The average molecular weight is 243 g/mol. The van der Waals surface area contributed by atoms with Crippen LogP contribution in [0.2, 0.25) is 0 Å². The molecule has 1 rings (SSSR count). The highest BCUT2D eigenvalue weighted by Gasteiger charge is 2.30. The molecule has 6 heteroatoms. The molecular formula is C11H21N3O3. The summed E-state index contributed by atoms with van der Waals surface area (Å²) >= 11 is 0. The van der Waals surface area contributed by atoms with Crippen molar-refractivity contribution in [2.45, 2.75) is 45.3 Å². The minimum Gasteiger partial charge on any atom is -0.409 e. The van der Waals surface area contributed by atoms with E-state index in [0.717, 1.165) is 12.8 Å². The second kappa shape index (κ2) is 6.44. The van der Waals surface area contributed by atoms with Gasteiger partial charge in [-0.05, 0) is 19.8 Å². The maximum atomic E-state index is 11.9. The van der Waals surface area contributed by atoms with E-state index < -0.39 is 6.04 Å². The van der Waals surface area contributed by atoms with Gasteiger partial charge in [0.25, 0.3) is 0 Å². The molecule has 1 fully saturated rings. The van der Waals surface area contributed by atoms with Gasteiger partial charge in [0, 0.05) is 0 Å². The van der Waals surface area contributed by atoms with E-state index in [1.165, 1.54) is 0 Å². The topological polar surface area (TPSA) is 96.9 Å². The first-order chi connectivity index (χ1) is 8.08. The number of amides is 1. The number of hydrogen-bond acceptors (Lipinski definition) is 4. The minimum atomic E-state index is -0.395. The molecule has 0 saturated carbocycles. The summed E-state index contributed by atoms with van der Waals surface area (Å²) in [7, 11) is 0. The lowest BCUT2D eigenvalue weighted by molar-refractivity contribution is -0.125. The number of oxime groups is 1. The Hall–Kier alpha value is -1.30. The third-order valence-corrected chi connectivity index (χ3v) is 2.94. The van der Waals surface area contributed by atoms with Crippen molar-refractivity contribution in [1.82, 2.24) is 5.32 Å². The van der Waals surface area contributed by atoms with Crippen LogP contribution in [-0.4, -0.2) is 35.7 Å². The Morgan fingerprint density at radius 2 is 2.41 bits per heavy atom. The van der Waals surface area contributed by atoms with E-state index in [0.29, 0.717) is 13.0 Å². The molecule has 3 atom stereocenters. The zero-order valence-electron chi connectivity index (χ0n) is 10.3. The third-order valence-electron chi connectivity index (χ3n) is 2.94. The number of ether oxygens (including phenoxy) is 1. The summed E-state index contributed by atoms with van der Waals surface area (Å²) in [5.41, 5.74) is 5.53. The maximum absolute atomic E-state index is 11.9. The van der Waals surface area contributed by atoms with Crippen molar-refractivity contribution in [3.8, 4) is 0 Å². The fourth-order valence-electron chi connectivity index (χ4n) is 1.94. The van der Waals surface area contributed by atoms with Crippen LogP contribution in [0.25, 0.3) is 0 Å². The number of nitrogens with one attached hydrogen (secondary N) is 1. The fourth-order valence-corrected chi connectivity index (χ4v) is 1.94. The van der Waals surface area contributed by atoms with Crippen LogP contribution in [0.1, 0.15) is 33.1 Å². The van der Waals surface area contributed by atoms with Gasteiger partial charge in [0.1, 0.15) is 0 Å². The van der Waals surface area contributed by atoms with E-state index in [4.69, 9.17) is 15.7 Å². The zero-order chi connectivity index (χ0) is 12.8. The van der Waals surface area contributed by atoms with Gasteiger partial charge in [-0.25, -0.2) is 0 Å². The van der Waals surface area contributed by atoms with Crippen molar-refractivity contribution in [2.75, 3.05) is 6.61 Å². The molecule has 1 amide bonds. The number of nitrogens with zero attached hydrogens (tertiary/aromatic N) is 1. The molecule has 4 N–H and O–H groups in total. The quantitative estimate of drug-likeness (QED) is 0.282. The Morgan fingerprint density at radius 3 is 2.88 bits per heavy atom. The van der Waals surface area contributed by atoms with Gasteiger partial charge < -0.3 is 21.0 Å². The van der Waals surface area contributed by atoms with Gasteiger partial charge in [0.05, 0.1) is 24.7 Å². The van der Waals surface area contributed by atoms with Crippen LogP contribution in [0, 0.1) is 5.92 Å². The second-order valence-electron chi connectivity index (χ2n) is 4.45. The predicted octanol–water partition coefficient (Wildman–Crippen LogP) is 0.443. The summed E-state index contributed by atoms with van der Waals surface area (Å²) in [6.45, 7) is 4.37. The average Bonchev–Trinajstić information content (AvgIpc) is 2.74. The van der Waals surface area contributed by atoms with Crippen LogP contribution in [0.3, 0.4) is 0 Å². The Morgan fingerprint density at radius 1 is 1.71 bits per heavy atom. The number of rotatable bonds is 5. The first-order valence-electron chi connectivity index (χ1n) is 5.97. The molecule has 0 aliphatic carbocycles. The van der Waals surface area contributed by atoms with Gasteiger partial charge in [-0.2, -0.15) is 0 Å². The van der Waals surface area contributed by atoms with Gasteiger partial charge in [0.15, 0.2) is 5.84 Å². The van der Waals surface area contributed by atoms with Crippen molar-refractivity contribution in [1.29, 1.82) is 0 Å². The molecule has 1 saturated heterocycles. The number of carbonyl (C=O) groups is 1. The lowest BCUT2D eigenvalue weighted by atomic mass is 10.0. The van der Waals surface area contributed by atoms with Crippen LogP contribution in [0.4, 0.5) is 0 Å². The molecule has 1 heterocycles. The van der Waals surface area contributed by atoms with Crippen molar-refractivity contribution in [3.63, 3.8) is 0 Å². The highest BCUT2D eigenvalue weighted by atomic mass is 16.5. The van der Waals surface area contributed by atoms with Gasteiger partial charge in [-0.1, -0.05) is 18.5 Å². The van der Waals surface area contributed by atoms with Crippen LogP contribution in [0.5, 0.6) is 0 Å². The number of hydrogen-bond donors (Lipinski definition) is 3. The first-order valence-corrected chi connectivity index (χ1v) is 5.97. The number of carbonyl (C=O) groups excluding carboxylic acids is 1. The summed E-state index contributed by atoms with van der Waals surface area (Å²) in [6, 6.07) is -0.395. The molecular weight excluding hydrogens is 222 g/mol. The zero-order valence-corrected chi connectivity index (χ0v) is 10.3. The smallest absolute Gasteiger partial charge is 0.226 e. The van der Waals surface area contributed by atoms with Crippen LogP contribution in [0.15, 0.2) is 5.16 Å². The van der Waals surface area contributed by atoms with E-state index in [1.54, 1.807) is 0 Å². The van der Waals surface area contributed by atoms with Crippen LogP contribution >= 0.6 is 0 Å². The molecule has 0 radical (unpaired) electrons. The molecule has 1 aliphatic heterocycles. The Kier molecular flexibility index (Phi) is 5.21. The highest BCUT2D eigenvalue weighted by molar-refractivity contribution is 5.90. The normalized spacial score (nSPS) is 26.8. The van der Waals surface area contributed by atoms with Crippen molar-refractivity contribution >= 4 is 11.7 Å². The summed E-state index contributed by atoms with van der Waals surface area (Å²) in [5.74, 6) is -0.164. The van der Waals surface area contributed by atoms with Gasteiger partial charge in [-0.15, -0.1) is 0 Å². The fraction of sp³-hybridized carbons (Fsp3) is 0.818. The molecule has 17 heavy (non-hydrogen) atoms. The monoisotopic (exact) mass is 243 g/mol. The van der Waals surface area contributed by atoms with E-state index >= 15 is 0 Å². The number of nitrogens with two attached hydrogens (primary N) is 1. The lowest BCUT2D eigenvalue weighted by Gasteiger charge is -2.18. The van der Waals surface area contributed by atoms with Crippen molar-refractivity contribution in [2.24, 2.45) is 16.8 Å².